The molecule has 1 amide bonds. The van der Waals surface area contributed by atoms with E-state index in [1.807, 2.05) is 26.0 Å². The van der Waals surface area contributed by atoms with E-state index in [1.54, 1.807) is 30.3 Å². The molecule has 30 heavy (non-hydrogen) atoms. The van der Waals surface area contributed by atoms with Crippen molar-refractivity contribution in [2.75, 3.05) is 31.9 Å². The molecular weight excluding hydrogens is 390 g/mol. The van der Waals surface area contributed by atoms with Gasteiger partial charge in [0, 0.05) is 29.3 Å². The number of para-hydroxylation sites is 1. The van der Waals surface area contributed by atoms with Gasteiger partial charge in [0.15, 0.2) is 11.5 Å². The molecule has 3 N–H and O–H groups in total. The predicted octanol–water partition coefficient (Wildman–Crippen LogP) is 3.48. The Bertz CT molecular complexity index is 868. The first-order valence-electron chi connectivity index (χ1n) is 9.75. The van der Waals surface area contributed by atoms with Gasteiger partial charge >= 0.3 is 6.09 Å². The van der Waals surface area contributed by atoms with Gasteiger partial charge in [-0.25, -0.2) is 4.79 Å². The molecule has 162 valence electrons. The normalized spacial score (nSPS) is 13.6. The Hall–Kier alpha value is -2.97. The van der Waals surface area contributed by atoms with Crippen molar-refractivity contribution in [2.24, 2.45) is 5.41 Å². The zero-order chi connectivity index (χ0) is 21.6. The molecule has 0 unspecified atom stereocenters. The molecule has 2 aromatic rings. The van der Waals surface area contributed by atoms with E-state index < -0.39 is 17.6 Å². The molecule has 0 saturated carbocycles. The summed E-state index contributed by atoms with van der Waals surface area (Å²) in [5, 5.41) is 21.3. The number of anilines is 1. The maximum absolute atomic E-state index is 12.7. The fourth-order valence-electron chi connectivity index (χ4n) is 3.28. The van der Waals surface area contributed by atoms with E-state index in [4.69, 9.17) is 24.1 Å². The van der Waals surface area contributed by atoms with Gasteiger partial charge in [-0.3, -0.25) is 5.32 Å². The third-order valence-electron chi connectivity index (χ3n) is 4.86. The molecule has 3 rings (SSSR count). The van der Waals surface area contributed by atoms with Crippen LogP contribution >= 0.6 is 0 Å². The minimum atomic E-state index is -0.700. The number of hydrogen-bond acceptors (Lipinski definition) is 7. The number of hydrogen-bond donors (Lipinski definition) is 3. The van der Waals surface area contributed by atoms with Gasteiger partial charge in [0.1, 0.15) is 18.5 Å². The Morgan fingerprint density at radius 2 is 1.90 bits per heavy atom. The second kappa shape index (κ2) is 9.69. The summed E-state index contributed by atoms with van der Waals surface area (Å²) < 4.78 is 22.1. The molecule has 0 fully saturated rings. The van der Waals surface area contributed by atoms with Crippen molar-refractivity contribution in [1.82, 2.24) is 0 Å². The highest BCUT2D eigenvalue weighted by atomic mass is 16.7. The summed E-state index contributed by atoms with van der Waals surface area (Å²) in [6.45, 7) is 3.88. The fourth-order valence-corrected chi connectivity index (χ4v) is 3.28. The van der Waals surface area contributed by atoms with Crippen molar-refractivity contribution >= 4 is 11.8 Å². The lowest BCUT2D eigenvalue weighted by atomic mass is 9.79. The SMILES string of the molecule is CC(C)(CCO)[C@H](OC(=O)Nc1ccc2c(c1)OCO2)c1ccccc1OCCO. The summed E-state index contributed by atoms with van der Waals surface area (Å²) in [4.78, 5) is 12.7. The highest BCUT2D eigenvalue weighted by molar-refractivity contribution is 5.85. The molecule has 1 heterocycles. The Kier molecular flexibility index (Phi) is 7.02. The minimum Gasteiger partial charge on any atom is -0.491 e. The Balaban J connectivity index is 1.82. The first-order chi connectivity index (χ1) is 14.4. The van der Waals surface area contributed by atoms with Gasteiger partial charge in [-0.2, -0.15) is 0 Å². The van der Waals surface area contributed by atoms with Gasteiger partial charge < -0.3 is 29.2 Å². The number of ether oxygens (including phenoxy) is 4. The van der Waals surface area contributed by atoms with Gasteiger partial charge in [-0.05, 0) is 24.6 Å². The molecule has 2 aromatic carbocycles. The van der Waals surface area contributed by atoms with Crippen molar-refractivity contribution < 1.29 is 34.0 Å². The van der Waals surface area contributed by atoms with Crippen LogP contribution in [0.2, 0.25) is 0 Å². The maximum Gasteiger partial charge on any atom is 0.412 e. The molecule has 0 radical (unpaired) electrons. The van der Waals surface area contributed by atoms with Crippen LogP contribution in [0.15, 0.2) is 42.5 Å². The van der Waals surface area contributed by atoms with Crippen LogP contribution in [0.5, 0.6) is 17.2 Å². The summed E-state index contributed by atoms with van der Waals surface area (Å²) >= 11 is 0. The predicted molar refractivity (Wildman–Crippen MR) is 110 cm³/mol. The maximum atomic E-state index is 12.7. The van der Waals surface area contributed by atoms with Crippen LogP contribution in [-0.4, -0.2) is 42.9 Å². The molecule has 0 aromatic heterocycles. The van der Waals surface area contributed by atoms with Crippen LogP contribution in [0.25, 0.3) is 0 Å². The Morgan fingerprint density at radius 3 is 2.67 bits per heavy atom. The number of nitrogens with one attached hydrogen (secondary N) is 1. The molecule has 8 nitrogen and oxygen atoms in total. The first kappa shape index (κ1) is 21.7. The molecule has 0 spiro atoms. The summed E-state index contributed by atoms with van der Waals surface area (Å²) in [5.74, 6) is 1.68. The van der Waals surface area contributed by atoms with E-state index in [2.05, 4.69) is 5.32 Å². The molecule has 1 aliphatic heterocycles. The van der Waals surface area contributed by atoms with Crippen LogP contribution in [0, 0.1) is 5.41 Å². The van der Waals surface area contributed by atoms with Crippen LogP contribution in [-0.2, 0) is 4.74 Å². The van der Waals surface area contributed by atoms with E-state index >= 15 is 0 Å². The Morgan fingerprint density at radius 1 is 1.13 bits per heavy atom. The zero-order valence-electron chi connectivity index (χ0n) is 17.1. The van der Waals surface area contributed by atoms with Crippen LogP contribution in [0.4, 0.5) is 10.5 Å². The number of benzene rings is 2. The van der Waals surface area contributed by atoms with Crippen LogP contribution < -0.4 is 19.5 Å². The van der Waals surface area contributed by atoms with E-state index in [1.165, 1.54) is 0 Å². The number of rotatable bonds is 9. The molecule has 0 bridgehead atoms. The third-order valence-corrected chi connectivity index (χ3v) is 4.86. The number of carbonyl (C=O) groups excluding carboxylic acids is 1. The standard InChI is InChI=1S/C22H27NO7/c1-22(2,9-10-24)20(16-5-3-4-6-17(16)27-12-11-25)30-21(26)23-15-7-8-18-19(13-15)29-14-28-18/h3-8,13,20,24-25H,9-12,14H2,1-2H3,(H,23,26)/t20-/m1/s1. The lowest BCUT2D eigenvalue weighted by Gasteiger charge is -2.34. The number of amides is 1. The van der Waals surface area contributed by atoms with Gasteiger partial charge in [-0.15, -0.1) is 0 Å². The molecule has 0 saturated heterocycles. The van der Waals surface area contributed by atoms with Crippen molar-refractivity contribution in [3.8, 4) is 17.2 Å². The van der Waals surface area contributed by atoms with E-state index in [0.717, 1.165) is 0 Å². The van der Waals surface area contributed by atoms with Gasteiger partial charge in [0.25, 0.3) is 0 Å². The third kappa shape index (κ3) is 5.14. The van der Waals surface area contributed by atoms with E-state index in [9.17, 15) is 9.90 Å². The fraction of sp³-hybridized carbons (Fsp3) is 0.409. The molecule has 1 aliphatic rings. The van der Waals surface area contributed by atoms with Crippen molar-refractivity contribution in [1.29, 1.82) is 0 Å². The lowest BCUT2D eigenvalue weighted by Crippen LogP contribution is -2.30. The quantitative estimate of drug-likeness (QED) is 0.573. The number of aliphatic hydroxyl groups is 2. The second-order valence-corrected chi connectivity index (χ2v) is 7.55. The van der Waals surface area contributed by atoms with Crippen molar-refractivity contribution in [3.05, 3.63) is 48.0 Å². The molecule has 1 atom stereocenters. The van der Waals surface area contributed by atoms with Gasteiger partial charge in [0.2, 0.25) is 6.79 Å². The van der Waals surface area contributed by atoms with E-state index in [0.29, 0.717) is 34.9 Å². The first-order valence-corrected chi connectivity index (χ1v) is 9.75. The second-order valence-electron chi connectivity index (χ2n) is 7.55. The smallest absolute Gasteiger partial charge is 0.412 e. The number of carbonyl (C=O) groups is 1. The van der Waals surface area contributed by atoms with Gasteiger partial charge in [-0.1, -0.05) is 32.0 Å². The minimum absolute atomic E-state index is 0.0592. The van der Waals surface area contributed by atoms with Crippen LogP contribution in [0.3, 0.4) is 0 Å². The van der Waals surface area contributed by atoms with Crippen LogP contribution in [0.1, 0.15) is 31.9 Å². The average Bonchev–Trinajstić information content (AvgIpc) is 3.18. The van der Waals surface area contributed by atoms with Gasteiger partial charge in [0.05, 0.1) is 6.61 Å². The molecule has 8 heteroatoms. The highest BCUT2D eigenvalue weighted by Crippen LogP contribution is 2.43. The molecule has 0 aliphatic carbocycles. The van der Waals surface area contributed by atoms with Crippen molar-refractivity contribution in [3.63, 3.8) is 0 Å². The zero-order valence-corrected chi connectivity index (χ0v) is 17.1. The Labute approximate surface area is 175 Å². The largest absolute Gasteiger partial charge is 0.491 e. The van der Waals surface area contributed by atoms with E-state index in [-0.39, 0.29) is 26.6 Å². The number of aliphatic hydroxyl groups excluding tert-OH is 2. The summed E-state index contributed by atoms with van der Waals surface area (Å²) in [5.41, 5.74) is 0.581. The summed E-state index contributed by atoms with van der Waals surface area (Å²) in [6, 6.07) is 12.3. The lowest BCUT2D eigenvalue weighted by molar-refractivity contribution is 0.0133. The topological polar surface area (TPSA) is 106 Å². The summed E-state index contributed by atoms with van der Waals surface area (Å²) in [7, 11) is 0. The summed E-state index contributed by atoms with van der Waals surface area (Å²) in [6.07, 6.45) is -0.945. The highest BCUT2D eigenvalue weighted by Gasteiger charge is 2.36. The number of fused-ring (bicyclic) bond motifs is 1. The van der Waals surface area contributed by atoms with Crippen molar-refractivity contribution in [2.45, 2.75) is 26.4 Å². The average molecular weight is 417 g/mol. The molecular formula is C22H27NO7. The monoisotopic (exact) mass is 417 g/mol.